The van der Waals surface area contributed by atoms with Gasteiger partial charge in [0.1, 0.15) is 18.1 Å². The molecule has 0 spiro atoms. The number of aliphatic hydroxyl groups excluding tert-OH is 1. The standard InChI is InChI=1S/C23H25NO3/c25-21-12-9-17-5-1-2-6-20(17)22(21)23(26)18-7-10-19(11-8-18)27-16-15-24-13-3-4-14-24/h1-2,5-8,10-11,26H,3-4,9,12-16H2/b23-22-. The molecule has 2 aliphatic rings. The molecule has 27 heavy (non-hydrogen) atoms. The quantitative estimate of drug-likeness (QED) is 0.642. The molecule has 1 N–H and O–H groups in total. The number of benzene rings is 2. The van der Waals surface area contributed by atoms with E-state index in [-0.39, 0.29) is 11.5 Å². The van der Waals surface area contributed by atoms with Crippen LogP contribution in [0.5, 0.6) is 5.75 Å². The van der Waals surface area contributed by atoms with Gasteiger partial charge in [-0.15, -0.1) is 0 Å². The average molecular weight is 363 g/mol. The first-order chi connectivity index (χ1) is 13.2. The van der Waals surface area contributed by atoms with Gasteiger partial charge in [-0.05, 0) is 67.7 Å². The Morgan fingerprint density at radius 1 is 1.00 bits per heavy atom. The topological polar surface area (TPSA) is 49.8 Å². The van der Waals surface area contributed by atoms with Crippen molar-refractivity contribution in [2.45, 2.75) is 25.7 Å². The number of aliphatic hydroxyl groups is 1. The van der Waals surface area contributed by atoms with Gasteiger partial charge in [-0.3, -0.25) is 9.69 Å². The summed E-state index contributed by atoms with van der Waals surface area (Å²) in [4.78, 5) is 14.9. The van der Waals surface area contributed by atoms with Gasteiger partial charge in [-0.1, -0.05) is 24.3 Å². The van der Waals surface area contributed by atoms with E-state index in [9.17, 15) is 9.90 Å². The molecular weight excluding hydrogens is 338 g/mol. The molecule has 0 amide bonds. The molecule has 1 aliphatic heterocycles. The van der Waals surface area contributed by atoms with Crippen LogP contribution in [0.25, 0.3) is 11.3 Å². The molecule has 2 aromatic rings. The molecule has 0 radical (unpaired) electrons. The fourth-order valence-corrected chi connectivity index (χ4v) is 3.92. The molecule has 1 aliphatic carbocycles. The van der Waals surface area contributed by atoms with Crippen LogP contribution in [-0.2, 0) is 11.2 Å². The van der Waals surface area contributed by atoms with Gasteiger partial charge in [0.25, 0.3) is 0 Å². The van der Waals surface area contributed by atoms with E-state index >= 15 is 0 Å². The van der Waals surface area contributed by atoms with Gasteiger partial charge in [0.2, 0.25) is 0 Å². The Morgan fingerprint density at radius 3 is 2.52 bits per heavy atom. The number of aryl methyl sites for hydroxylation is 1. The van der Waals surface area contributed by atoms with Crippen molar-refractivity contribution in [1.29, 1.82) is 0 Å². The molecule has 0 aromatic heterocycles. The summed E-state index contributed by atoms with van der Waals surface area (Å²) in [7, 11) is 0. The Morgan fingerprint density at radius 2 is 1.74 bits per heavy atom. The van der Waals surface area contributed by atoms with E-state index < -0.39 is 0 Å². The van der Waals surface area contributed by atoms with E-state index in [1.54, 1.807) is 0 Å². The highest BCUT2D eigenvalue weighted by Gasteiger charge is 2.25. The normalized spacial score (nSPS) is 19.0. The van der Waals surface area contributed by atoms with Gasteiger partial charge in [0, 0.05) is 18.5 Å². The molecule has 2 aromatic carbocycles. The second-order valence-corrected chi connectivity index (χ2v) is 7.23. The van der Waals surface area contributed by atoms with Crippen molar-refractivity contribution in [3.05, 3.63) is 65.2 Å². The van der Waals surface area contributed by atoms with Crippen LogP contribution >= 0.6 is 0 Å². The van der Waals surface area contributed by atoms with Crippen LogP contribution < -0.4 is 4.74 Å². The van der Waals surface area contributed by atoms with Crippen LogP contribution in [0.1, 0.15) is 36.0 Å². The fraction of sp³-hybridized carbons (Fsp3) is 0.348. The van der Waals surface area contributed by atoms with Crippen molar-refractivity contribution in [2.24, 2.45) is 0 Å². The van der Waals surface area contributed by atoms with Crippen LogP contribution in [0.4, 0.5) is 0 Å². The van der Waals surface area contributed by atoms with Crippen LogP contribution in [-0.4, -0.2) is 42.0 Å². The van der Waals surface area contributed by atoms with E-state index in [4.69, 9.17) is 4.74 Å². The summed E-state index contributed by atoms with van der Waals surface area (Å²) in [6.07, 6.45) is 3.73. The number of likely N-dealkylation sites (tertiary alicyclic amines) is 1. The zero-order valence-electron chi connectivity index (χ0n) is 15.5. The van der Waals surface area contributed by atoms with Gasteiger partial charge >= 0.3 is 0 Å². The third-order valence-electron chi connectivity index (χ3n) is 5.43. The molecule has 4 nitrogen and oxygen atoms in total. The average Bonchev–Trinajstić information content (AvgIpc) is 3.21. The second kappa shape index (κ2) is 7.97. The molecule has 1 saturated heterocycles. The molecule has 0 unspecified atom stereocenters. The maximum Gasteiger partial charge on any atom is 0.167 e. The van der Waals surface area contributed by atoms with E-state index in [0.29, 0.717) is 24.2 Å². The zero-order valence-corrected chi connectivity index (χ0v) is 15.5. The lowest BCUT2D eigenvalue weighted by atomic mass is 9.85. The molecule has 1 heterocycles. The molecular formula is C23H25NO3. The van der Waals surface area contributed by atoms with Crippen molar-refractivity contribution in [3.63, 3.8) is 0 Å². The number of Topliss-reactive ketones (excluding diaryl/α,β-unsaturated/α-hetero) is 1. The first-order valence-electron chi connectivity index (χ1n) is 9.73. The predicted octanol–water partition coefficient (Wildman–Crippen LogP) is 4.10. The lowest BCUT2D eigenvalue weighted by Gasteiger charge is -2.19. The van der Waals surface area contributed by atoms with Crippen molar-refractivity contribution in [3.8, 4) is 5.75 Å². The number of carbonyl (C=O) groups is 1. The van der Waals surface area contributed by atoms with Crippen LogP contribution in [0, 0.1) is 0 Å². The highest BCUT2D eigenvalue weighted by atomic mass is 16.5. The van der Waals surface area contributed by atoms with Crippen LogP contribution in [0.3, 0.4) is 0 Å². The maximum atomic E-state index is 12.5. The summed E-state index contributed by atoms with van der Waals surface area (Å²) in [6, 6.07) is 15.2. The lowest BCUT2D eigenvalue weighted by Crippen LogP contribution is -2.25. The highest BCUT2D eigenvalue weighted by Crippen LogP contribution is 2.33. The van der Waals surface area contributed by atoms with E-state index in [1.165, 1.54) is 25.9 Å². The number of ether oxygens (including phenoxy) is 1. The summed E-state index contributed by atoms with van der Waals surface area (Å²) in [5.41, 5.74) is 3.03. The monoisotopic (exact) mass is 363 g/mol. The van der Waals surface area contributed by atoms with Crippen molar-refractivity contribution in [2.75, 3.05) is 26.2 Å². The van der Waals surface area contributed by atoms with Gasteiger partial charge in [-0.25, -0.2) is 0 Å². The number of ketones is 1. The Balaban J connectivity index is 1.49. The number of allylic oxidation sites excluding steroid dienone is 1. The molecule has 4 heteroatoms. The third-order valence-corrected chi connectivity index (χ3v) is 5.43. The van der Waals surface area contributed by atoms with Gasteiger partial charge in [0.05, 0.1) is 5.57 Å². The molecule has 0 saturated carbocycles. The first-order valence-corrected chi connectivity index (χ1v) is 9.73. The minimum Gasteiger partial charge on any atom is -0.507 e. The van der Waals surface area contributed by atoms with Crippen molar-refractivity contribution in [1.82, 2.24) is 4.90 Å². The largest absolute Gasteiger partial charge is 0.507 e. The number of nitrogens with zero attached hydrogens (tertiary/aromatic N) is 1. The van der Waals surface area contributed by atoms with Crippen LogP contribution in [0.15, 0.2) is 48.5 Å². The number of hydrogen-bond donors (Lipinski definition) is 1. The molecule has 140 valence electrons. The maximum absolute atomic E-state index is 12.5. The second-order valence-electron chi connectivity index (χ2n) is 7.23. The highest BCUT2D eigenvalue weighted by molar-refractivity contribution is 6.28. The molecule has 1 fully saturated rings. The lowest BCUT2D eigenvalue weighted by molar-refractivity contribution is -0.113. The van der Waals surface area contributed by atoms with E-state index in [1.807, 2.05) is 48.5 Å². The predicted molar refractivity (Wildman–Crippen MR) is 107 cm³/mol. The molecule has 0 bridgehead atoms. The SMILES string of the molecule is O=C1CCc2ccccc2/C1=C(/O)c1ccc(OCCN2CCCC2)cc1. The van der Waals surface area contributed by atoms with E-state index in [2.05, 4.69) is 4.90 Å². The fourth-order valence-electron chi connectivity index (χ4n) is 3.92. The van der Waals surface area contributed by atoms with Gasteiger partial charge < -0.3 is 9.84 Å². The molecule has 0 atom stereocenters. The summed E-state index contributed by atoms with van der Waals surface area (Å²) < 4.78 is 5.82. The van der Waals surface area contributed by atoms with Gasteiger partial charge in [0.15, 0.2) is 5.78 Å². The number of rotatable bonds is 5. The molecule has 4 rings (SSSR count). The number of fused-ring (bicyclic) bond motifs is 1. The Labute approximate surface area is 160 Å². The minimum atomic E-state index is -0.00265. The number of hydrogen-bond acceptors (Lipinski definition) is 4. The smallest absolute Gasteiger partial charge is 0.167 e. The Kier molecular flexibility index (Phi) is 5.26. The Bertz CT molecular complexity index is 848. The third kappa shape index (κ3) is 3.91. The number of carbonyl (C=O) groups excluding carboxylic acids is 1. The summed E-state index contributed by atoms with van der Waals surface area (Å²) in [5, 5.41) is 10.8. The first kappa shape index (κ1) is 17.8. The Hall–Kier alpha value is -2.59. The summed E-state index contributed by atoms with van der Waals surface area (Å²) in [5.74, 6) is 0.832. The minimum absolute atomic E-state index is 0.00265. The summed E-state index contributed by atoms with van der Waals surface area (Å²) in [6.45, 7) is 3.94. The summed E-state index contributed by atoms with van der Waals surface area (Å²) >= 11 is 0. The van der Waals surface area contributed by atoms with E-state index in [0.717, 1.165) is 29.8 Å². The van der Waals surface area contributed by atoms with Crippen LogP contribution in [0.2, 0.25) is 0 Å². The van der Waals surface area contributed by atoms with Gasteiger partial charge in [-0.2, -0.15) is 0 Å². The van der Waals surface area contributed by atoms with Crippen molar-refractivity contribution >= 4 is 17.1 Å². The zero-order chi connectivity index (χ0) is 18.6. The van der Waals surface area contributed by atoms with Crippen molar-refractivity contribution < 1.29 is 14.6 Å².